The molecule has 0 saturated heterocycles. The van der Waals surface area contributed by atoms with Crippen molar-refractivity contribution in [2.75, 3.05) is 42.1 Å². The van der Waals surface area contributed by atoms with Crippen LogP contribution in [-0.2, 0) is 6.42 Å². The molecule has 3 aromatic carbocycles. The van der Waals surface area contributed by atoms with Crippen LogP contribution >= 0.6 is 0 Å². The van der Waals surface area contributed by atoms with E-state index < -0.39 is 6.04 Å². The number of aryl methyl sites for hydroxylation is 1. The fourth-order valence-corrected chi connectivity index (χ4v) is 5.42. The summed E-state index contributed by atoms with van der Waals surface area (Å²) in [5.74, 6) is 1.94. The molecule has 0 spiro atoms. The molecule has 9 heteroatoms. The summed E-state index contributed by atoms with van der Waals surface area (Å²) in [5.41, 5.74) is 4.08. The molecule has 1 aliphatic rings. The monoisotopic (exact) mass is 544 g/mol. The van der Waals surface area contributed by atoms with Crippen molar-refractivity contribution >= 4 is 16.8 Å². The van der Waals surface area contributed by atoms with Crippen molar-refractivity contribution in [1.82, 2.24) is 9.88 Å². The van der Waals surface area contributed by atoms with E-state index in [0.717, 1.165) is 27.6 Å². The van der Waals surface area contributed by atoms with Gasteiger partial charge in [-0.25, -0.2) is 0 Å². The van der Waals surface area contributed by atoms with Crippen LogP contribution in [0.5, 0.6) is 28.7 Å². The number of ether oxygens (including phenoxy) is 5. The summed E-state index contributed by atoms with van der Waals surface area (Å²) in [7, 11) is 7.66. The second kappa shape index (κ2) is 10.8. The number of benzene rings is 3. The number of H-pyrrole nitrogens is 1. The van der Waals surface area contributed by atoms with Crippen LogP contribution in [0, 0.1) is 6.92 Å². The summed E-state index contributed by atoms with van der Waals surface area (Å²) in [6, 6.07) is 14.0. The van der Waals surface area contributed by atoms with Crippen LogP contribution in [0.4, 0.5) is 0 Å². The van der Waals surface area contributed by atoms with E-state index in [-0.39, 0.29) is 11.5 Å². The highest BCUT2D eigenvalue weighted by Crippen LogP contribution is 2.43. The highest BCUT2D eigenvalue weighted by Gasteiger charge is 2.36. The Morgan fingerprint density at radius 2 is 1.45 bits per heavy atom. The Morgan fingerprint density at radius 1 is 0.800 bits per heavy atom. The minimum absolute atomic E-state index is 0.272. The van der Waals surface area contributed by atoms with Crippen molar-refractivity contribution in [2.45, 2.75) is 19.4 Å². The molecular weight excluding hydrogens is 512 g/mol. The largest absolute Gasteiger partial charge is 0.493 e. The average Bonchev–Trinajstić information content (AvgIpc) is 2.98. The molecule has 40 heavy (non-hydrogen) atoms. The number of hydrogen-bond donors (Lipinski definition) is 1. The Balaban J connectivity index is 1.73. The third-order valence-corrected chi connectivity index (χ3v) is 7.37. The van der Waals surface area contributed by atoms with E-state index in [0.29, 0.717) is 52.8 Å². The summed E-state index contributed by atoms with van der Waals surface area (Å²) in [6.07, 6.45) is 0.562. The van der Waals surface area contributed by atoms with Crippen LogP contribution < -0.4 is 29.2 Å². The summed E-state index contributed by atoms with van der Waals surface area (Å²) in [5, 5.41) is 0.877. The maximum atomic E-state index is 14.2. The molecule has 0 saturated carbocycles. The Kier molecular flexibility index (Phi) is 7.30. The van der Waals surface area contributed by atoms with Gasteiger partial charge in [0.1, 0.15) is 0 Å². The Morgan fingerprint density at radius 3 is 2.08 bits per heavy atom. The molecule has 0 unspecified atom stereocenters. The van der Waals surface area contributed by atoms with Gasteiger partial charge in [0.15, 0.2) is 23.0 Å². The second-order valence-electron chi connectivity index (χ2n) is 9.62. The molecule has 1 aromatic heterocycles. The Bertz CT molecular complexity index is 1640. The van der Waals surface area contributed by atoms with Gasteiger partial charge in [-0.15, -0.1) is 0 Å². The number of rotatable bonds is 7. The summed E-state index contributed by atoms with van der Waals surface area (Å²) >= 11 is 0. The average molecular weight is 545 g/mol. The summed E-state index contributed by atoms with van der Waals surface area (Å²) in [6.45, 7) is 2.37. The van der Waals surface area contributed by atoms with E-state index in [2.05, 4.69) is 4.98 Å². The number of nitrogens with zero attached hydrogens (tertiary/aromatic N) is 1. The lowest BCUT2D eigenvalue weighted by atomic mass is 9.87. The fraction of sp³-hybridized carbons (Fsp3) is 0.290. The van der Waals surface area contributed by atoms with Crippen molar-refractivity contribution in [2.24, 2.45) is 0 Å². The lowest BCUT2D eigenvalue weighted by Crippen LogP contribution is -2.42. The molecule has 0 aliphatic carbocycles. The molecule has 0 fully saturated rings. The predicted molar refractivity (Wildman–Crippen MR) is 152 cm³/mol. The fourth-order valence-electron chi connectivity index (χ4n) is 5.42. The van der Waals surface area contributed by atoms with Crippen molar-refractivity contribution in [3.8, 4) is 28.7 Å². The molecule has 4 aromatic rings. The van der Waals surface area contributed by atoms with Gasteiger partial charge in [-0.05, 0) is 72.3 Å². The van der Waals surface area contributed by atoms with Crippen LogP contribution in [0.1, 0.15) is 38.7 Å². The van der Waals surface area contributed by atoms with Gasteiger partial charge in [-0.3, -0.25) is 9.59 Å². The van der Waals surface area contributed by atoms with Crippen molar-refractivity contribution in [3.05, 3.63) is 86.7 Å². The van der Waals surface area contributed by atoms with E-state index in [1.807, 2.05) is 43.3 Å². The molecular formula is C31H32N2O7. The standard InChI is InChI=1S/C31H32N2O7/c1-17-7-8-23-19(11-17)12-22(30(34)32-23)28-21-16-25(37-3)24(36-2)13-18(21)9-10-33(28)31(35)20-14-26(38-4)29(40-6)27(15-20)39-5/h7-8,11-16,28H,9-10H2,1-6H3,(H,32,34)/t28-/m1/s1. The van der Waals surface area contributed by atoms with Crippen LogP contribution in [0.15, 0.2) is 53.3 Å². The molecule has 1 aliphatic heterocycles. The van der Waals surface area contributed by atoms with E-state index >= 15 is 0 Å². The second-order valence-corrected chi connectivity index (χ2v) is 9.62. The molecule has 2 heterocycles. The maximum absolute atomic E-state index is 14.2. The van der Waals surface area contributed by atoms with Gasteiger partial charge < -0.3 is 33.6 Å². The van der Waals surface area contributed by atoms with E-state index in [1.165, 1.54) is 21.3 Å². The highest BCUT2D eigenvalue weighted by molar-refractivity contribution is 5.96. The maximum Gasteiger partial charge on any atom is 0.254 e. The zero-order chi connectivity index (χ0) is 28.6. The first-order valence-corrected chi connectivity index (χ1v) is 12.8. The minimum atomic E-state index is -0.691. The number of fused-ring (bicyclic) bond motifs is 2. The number of carbonyl (C=O) groups is 1. The SMILES string of the molecule is COc1cc2c(cc1OC)[C@H](c1cc3cc(C)ccc3[nH]c1=O)N(C(=O)c1cc(OC)c(OC)c(OC)c1)CC2. The molecule has 1 N–H and O–H groups in total. The van der Waals surface area contributed by atoms with Gasteiger partial charge in [0, 0.05) is 23.2 Å². The van der Waals surface area contributed by atoms with E-state index in [9.17, 15) is 9.59 Å². The van der Waals surface area contributed by atoms with Crippen molar-refractivity contribution in [1.29, 1.82) is 0 Å². The zero-order valence-corrected chi connectivity index (χ0v) is 23.4. The first-order valence-electron chi connectivity index (χ1n) is 12.8. The molecule has 1 amide bonds. The molecule has 1 atom stereocenters. The number of pyridine rings is 1. The molecule has 0 bridgehead atoms. The van der Waals surface area contributed by atoms with E-state index in [1.54, 1.807) is 31.3 Å². The molecule has 9 nitrogen and oxygen atoms in total. The number of methoxy groups -OCH3 is 5. The van der Waals surface area contributed by atoms with E-state index in [4.69, 9.17) is 23.7 Å². The van der Waals surface area contributed by atoms with Gasteiger partial charge in [0.25, 0.3) is 11.5 Å². The van der Waals surface area contributed by atoms with Crippen LogP contribution in [-0.4, -0.2) is 57.9 Å². The molecule has 5 rings (SSSR count). The normalized spacial score (nSPS) is 14.4. The quantitative estimate of drug-likeness (QED) is 0.361. The first kappa shape index (κ1) is 26.9. The van der Waals surface area contributed by atoms with Crippen LogP contribution in [0.25, 0.3) is 10.9 Å². The van der Waals surface area contributed by atoms with Crippen molar-refractivity contribution in [3.63, 3.8) is 0 Å². The number of amides is 1. The smallest absolute Gasteiger partial charge is 0.254 e. The summed E-state index contributed by atoms with van der Waals surface area (Å²) < 4.78 is 27.6. The van der Waals surface area contributed by atoms with Gasteiger partial charge in [-0.2, -0.15) is 0 Å². The Hall–Kier alpha value is -4.66. The number of hydrogen-bond acceptors (Lipinski definition) is 7. The topological polar surface area (TPSA) is 99.3 Å². The molecule has 208 valence electrons. The number of aromatic amines is 1. The van der Waals surface area contributed by atoms with Gasteiger partial charge in [0.2, 0.25) is 5.75 Å². The minimum Gasteiger partial charge on any atom is -0.493 e. The lowest BCUT2D eigenvalue weighted by molar-refractivity contribution is 0.0692. The van der Waals surface area contributed by atoms with Crippen molar-refractivity contribution < 1.29 is 28.5 Å². The Labute approximate surface area is 232 Å². The summed E-state index contributed by atoms with van der Waals surface area (Å²) in [4.78, 5) is 32.5. The zero-order valence-electron chi connectivity index (χ0n) is 23.4. The predicted octanol–water partition coefficient (Wildman–Crippen LogP) is 4.67. The molecule has 0 radical (unpaired) electrons. The van der Waals surface area contributed by atoms with Gasteiger partial charge >= 0.3 is 0 Å². The first-order chi connectivity index (χ1) is 19.3. The van der Waals surface area contributed by atoms with Gasteiger partial charge in [0.05, 0.1) is 41.6 Å². The van der Waals surface area contributed by atoms with Crippen LogP contribution in [0.2, 0.25) is 0 Å². The van der Waals surface area contributed by atoms with Crippen LogP contribution in [0.3, 0.4) is 0 Å². The highest BCUT2D eigenvalue weighted by atomic mass is 16.5. The van der Waals surface area contributed by atoms with Gasteiger partial charge in [-0.1, -0.05) is 11.6 Å². The number of carbonyl (C=O) groups excluding carboxylic acids is 1. The lowest BCUT2D eigenvalue weighted by Gasteiger charge is -2.38. The number of aromatic nitrogens is 1. The third-order valence-electron chi connectivity index (χ3n) is 7.37. The third kappa shape index (κ3) is 4.57. The number of nitrogens with one attached hydrogen (secondary N) is 1.